The van der Waals surface area contributed by atoms with E-state index < -0.39 is 0 Å². The van der Waals surface area contributed by atoms with Gasteiger partial charge in [-0.05, 0) is 55.2 Å². The Balaban J connectivity index is 1.21. The number of hydrogen-bond acceptors (Lipinski definition) is 6. The number of fused-ring (bicyclic) bond motifs is 1. The summed E-state index contributed by atoms with van der Waals surface area (Å²) in [6.45, 7) is 4.07. The zero-order valence-corrected chi connectivity index (χ0v) is 18.9. The number of carbonyl (C=O) groups excluding carboxylic acids is 1. The number of pyridine rings is 1. The molecule has 1 fully saturated rings. The van der Waals surface area contributed by atoms with Gasteiger partial charge >= 0.3 is 0 Å². The highest BCUT2D eigenvalue weighted by Gasteiger charge is 2.31. The summed E-state index contributed by atoms with van der Waals surface area (Å²) in [6.07, 6.45) is 6.26. The first-order valence-electron chi connectivity index (χ1n) is 10.9. The molecule has 0 aliphatic heterocycles. The summed E-state index contributed by atoms with van der Waals surface area (Å²) in [5.74, 6) is 2.41. The molecule has 164 valence electrons. The topological polar surface area (TPSA) is 85.3 Å². The number of amides is 1. The molecule has 1 N–H and O–H groups in total. The van der Waals surface area contributed by atoms with Gasteiger partial charge < -0.3 is 14.2 Å². The smallest absolute Gasteiger partial charge is 0.251 e. The summed E-state index contributed by atoms with van der Waals surface area (Å²) < 4.78 is 7.47. The lowest BCUT2D eigenvalue weighted by molar-refractivity contribution is 0.0914. The third-order valence-electron chi connectivity index (χ3n) is 5.54. The van der Waals surface area contributed by atoms with Crippen LogP contribution in [0, 0.1) is 5.92 Å². The molecule has 1 atom stereocenters. The molecule has 1 saturated carbocycles. The van der Waals surface area contributed by atoms with Crippen LogP contribution in [0.3, 0.4) is 0 Å². The molecule has 1 aromatic carbocycles. The minimum atomic E-state index is -0.313. The number of nitrogens with zero attached hydrogens (tertiary/aromatic N) is 4. The third-order valence-corrected chi connectivity index (χ3v) is 6.58. The number of benzene rings is 1. The van der Waals surface area contributed by atoms with E-state index in [-0.39, 0.29) is 17.9 Å². The maximum Gasteiger partial charge on any atom is 0.251 e. The number of nitrogens with one attached hydrogen (secondary N) is 1. The van der Waals surface area contributed by atoms with E-state index in [1.54, 1.807) is 11.8 Å². The lowest BCUT2D eigenvalue weighted by Crippen LogP contribution is -2.32. The van der Waals surface area contributed by atoms with Crippen molar-refractivity contribution in [1.29, 1.82) is 0 Å². The van der Waals surface area contributed by atoms with Gasteiger partial charge in [-0.2, -0.15) is 4.98 Å². The minimum absolute atomic E-state index is 0.131. The van der Waals surface area contributed by atoms with Gasteiger partial charge in [0.1, 0.15) is 11.7 Å². The van der Waals surface area contributed by atoms with Gasteiger partial charge in [-0.25, -0.2) is 4.98 Å². The number of thioether (sulfide) groups is 1. The van der Waals surface area contributed by atoms with Crippen LogP contribution in [0.25, 0.3) is 5.65 Å². The second kappa shape index (κ2) is 8.78. The summed E-state index contributed by atoms with van der Waals surface area (Å²) in [7, 11) is 0. The van der Waals surface area contributed by atoms with E-state index in [1.807, 2.05) is 73.1 Å². The van der Waals surface area contributed by atoms with Crippen molar-refractivity contribution in [1.82, 2.24) is 24.8 Å². The Kier molecular flexibility index (Phi) is 5.70. The van der Waals surface area contributed by atoms with E-state index in [0.717, 1.165) is 40.7 Å². The fourth-order valence-electron chi connectivity index (χ4n) is 3.54. The van der Waals surface area contributed by atoms with E-state index >= 15 is 0 Å². The summed E-state index contributed by atoms with van der Waals surface area (Å²) in [6, 6.07) is 13.3. The second-order valence-corrected chi connectivity index (χ2v) is 9.52. The molecule has 4 aromatic rings. The highest BCUT2D eigenvalue weighted by molar-refractivity contribution is 7.98. The van der Waals surface area contributed by atoms with Gasteiger partial charge in [0, 0.05) is 34.5 Å². The van der Waals surface area contributed by atoms with Gasteiger partial charge in [0.15, 0.2) is 5.82 Å². The predicted molar refractivity (Wildman–Crippen MR) is 123 cm³/mol. The van der Waals surface area contributed by atoms with Crippen molar-refractivity contribution in [3.8, 4) is 0 Å². The molecule has 32 heavy (non-hydrogen) atoms. The lowest BCUT2D eigenvalue weighted by atomic mass is 10.0. The van der Waals surface area contributed by atoms with Crippen LogP contribution >= 0.6 is 11.8 Å². The van der Waals surface area contributed by atoms with Crippen molar-refractivity contribution in [2.75, 3.05) is 0 Å². The van der Waals surface area contributed by atoms with E-state index in [1.165, 1.54) is 0 Å². The lowest BCUT2D eigenvalue weighted by Gasteiger charge is -2.18. The van der Waals surface area contributed by atoms with Crippen LogP contribution in [0.4, 0.5) is 0 Å². The van der Waals surface area contributed by atoms with E-state index in [9.17, 15) is 4.79 Å². The Bertz CT molecular complexity index is 1190. The fraction of sp³-hybridized carbons (Fsp3) is 0.333. The molecule has 0 saturated heterocycles. The van der Waals surface area contributed by atoms with Crippen LogP contribution in [0.1, 0.15) is 66.4 Å². The van der Waals surface area contributed by atoms with E-state index in [0.29, 0.717) is 17.4 Å². The molecule has 8 heteroatoms. The molecule has 0 radical (unpaired) electrons. The molecule has 3 aromatic heterocycles. The predicted octanol–water partition coefficient (Wildman–Crippen LogP) is 5.01. The van der Waals surface area contributed by atoms with Crippen molar-refractivity contribution in [3.05, 3.63) is 77.8 Å². The molecule has 7 nitrogen and oxygen atoms in total. The molecule has 0 spiro atoms. The number of hydrogen-bond donors (Lipinski definition) is 1. The molecule has 1 amide bonds. The minimum Gasteiger partial charge on any atom is -0.340 e. The molecule has 1 unspecified atom stereocenters. The van der Waals surface area contributed by atoms with Crippen LogP contribution in [0.15, 0.2) is 64.3 Å². The Morgan fingerprint density at radius 2 is 2.00 bits per heavy atom. The number of aromatic nitrogens is 4. The van der Waals surface area contributed by atoms with Crippen molar-refractivity contribution in [2.24, 2.45) is 5.92 Å². The largest absolute Gasteiger partial charge is 0.340 e. The van der Waals surface area contributed by atoms with Gasteiger partial charge in [0.25, 0.3) is 5.91 Å². The Labute approximate surface area is 190 Å². The van der Waals surface area contributed by atoms with Crippen LogP contribution < -0.4 is 5.32 Å². The van der Waals surface area contributed by atoms with Gasteiger partial charge in [0.2, 0.25) is 5.89 Å². The van der Waals surface area contributed by atoms with E-state index in [2.05, 4.69) is 20.4 Å². The van der Waals surface area contributed by atoms with Crippen LogP contribution in [0.2, 0.25) is 0 Å². The highest BCUT2D eigenvalue weighted by atomic mass is 32.2. The van der Waals surface area contributed by atoms with Crippen molar-refractivity contribution < 1.29 is 9.32 Å². The Morgan fingerprint density at radius 1 is 1.19 bits per heavy atom. The first-order chi connectivity index (χ1) is 15.6. The van der Waals surface area contributed by atoms with Crippen molar-refractivity contribution >= 4 is 23.3 Å². The second-order valence-electron chi connectivity index (χ2n) is 8.47. The average Bonchev–Trinajstić information content (AvgIpc) is 3.38. The van der Waals surface area contributed by atoms with Crippen LogP contribution in [0.5, 0.6) is 0 Å². The highest BCUT2D eigenvalue weighted by Crippen LogP contribution is 2.38. The SMILES string of the molecule is CC(C)C(NC(=O)c1ccc(SCc2cn3ccccc3n2)cc1)c1nc(C2CC2)no1. The van der Waals surface area contributed by atoms with Crippen LogP contribution in [-0.2, 0) is 5.75 Å². The number of carbonyl (C=O) groups is 1. The Morgan fingerprint density at radius 3 is 2.72 bits per heavy atom. The summed E-state index contributed by atoms with van der Waals surface area (Å²) in [4.78, 5) is 23.1. The van der Waals surface area contributed by atoms with Gasteiger partial charge in [-0.1, -0.05) is 25.1 Å². The fourth-order valence-corrected chi connectivity index (χ4v) is 4.32. The monoisotopic (exact) mass is 447 g/mol. The zero-order valence-electron chi connectivity index (χ0n) is 18.1. The summed E-state index contributed by atoms with van der Waals surface area (Å²) >= 11 is 1.70. The molecule has 0 bridgehead atoms. The first-order valence-corrected chi connectivity index (χ1v) is 11.9. The molecule has 1 aliphatic carbocycles. The maximum atomic E-state index is 12.9. The molecule has 3 heterocycles. The van der Waals surface area contributed by atoms with Gasteiger partial charge in [-0.15, -0.1) is 11.8 Å². The zero-order chi connectivity index (χ0) is 22.1. The average molecular weight is 448 g/mol. The maximum absolute atomic E-state index is 12.9. The van der Waals surface area contributed by atoms with Crippen molar-refractivity contribution in [3.63, 3.8) is 0 Å². The summed E-state index contributed by atoms with van der Waals surface area (Å²) in [5.41, 5.74) is 2.57. The van der Waals surface area contributed by atoms with E-state index in [4.69, 9.17) is 4.52 Å². The molecular weight excluding hydrogens is 422 g/mol. The summed E-state index contributed by atoms with van der Waals surface area (Å²) in [5, 5.41) is 7.14. The van der Waals surface area contributed by atoms with Crippen LogP contribution in [-0.4, -0.2) is 25.4 Å². The normalized spacial score (nSPS) is 14.7. The molecular formula is C24H25N5O2S. The standard InChI is InChI=1S/C24H25N5O2S/c1-15(2)21(24-27-22(28-31-24)16-6-7-16)26-23(30)17-8-10-19(11-9-17)32-14-18-13-29-12-4-3-5-20(29)25-18/h3-5,8-13,15-16,21H,6-7,14H2,1-2H3,(H,26,30). The third kappa shape index (κ3) is 4.55. The molecule has 5 rings (SSSR count). The van der Waals surface area contributed by atoms with Gasteiger partial charge in [-0.3, -0.25) is 4.79 Å². The number of rotatable bonds is 8. The van der Waals surface area contributed by atoms with Gasteiger partial charge in [0.05, 0.1) is 5.69 Å². The quantitative estimate of drug-likeness (QED) is 0.382. The number of imidazole rings is 1. The van der Waals surface area contributed by atoms with Crippen molar-refractivity contribution in [2.45, 2.75) is 49.3 Å². The Hall–Kier alpha value is -3.13. The first kappa shape index (κ1) is 20.8. The molecule has 1 aliphatic rings.